The molecule has 4 aliphatic rings. The Morgan fingerprint density at radius 1 is 1.17 bits per heavy atom. The number of aldehydes is 1. The fraction of sp³-hybridized carbons (Fsp3) is 0.762. The lowest BCUT2D eigenvalue weighted by atomic mass is 9.44. The Bertz CT molecular complexity index is 647. The Morgan fingerprint density at radius 3 is 2.62 bits per heavy atom. The van der Waals surface area contributed by atoms with E-state index in [1.54, 1.807) is 0 Å². The summed E-state index contributed by atoms with van der Waals surface area (Å²) in [6.45, 7) is 6.48. The van der Waals surface area contributed by atoms with Crippen LogP contribution in [-0.2, 0) is 14.4 Å². The molecular weight excluding hydrogens is 300 g/mol. The molecule has 7 atom stereocenters. The van der Waals surface area contributed by atoms with E-state index in [1.807, 2.05) is 0 Å². The quantitative estimate of drug-likeness (QED) is 0.544. The summed E-state index contributed by atoms with van der Waals surface area (Å²) in [5.41, 5.74) is 0.444. The summed E-state index contributed by atoms with van der Waals surface area (Å²) in [6.07, 6.45) is 7.93. The molecule has 0 N–H and O–H groups in total. The molecule has 130 valence electrons. The summed E-state index contributed by atoms with van der Waals surface area (Å²) in [5.74, 6) is 2.25. The number of carbonyl (C=O) groups is 3. The van der Waals surface area contributed by atoms with Gasteiger partial charge in [0.05, 0.1) is 5.41 Å². The molecule has 0 saturated heterocycles. The molecule has 0 aliphatic heterocycles. The lowest BCUT2D eigenvalue weighted by molar-refractivity contribution is -0.141. The average molecular weight is 328 g/mol. The van der Waals surface area contributed by atoms with Gasteiger partial charge in [0.1, 0.15) is 17.9 Å². The Hall–Kier alpha value is -1.25. The van der Waals surface area contributed by atoms with Crippen LogP contribution < -0.4 is 0 Å². The highest BCUT2D eigenvalue weighted by atomic mass is 16.1. The van der Waals surface area contributed by atoms with E-state index < -0.39 is 5.41 Å². The van der Waals surface area contributed by atoms with E-state index in [2.05, 4.69) is 26.8 Å². The number of allylic oxidation sites excluding steroid dienone is 2. The zero-order valence-electron chi connectivity index (χ0n) is 15.0. The smallest absolute Gasteiger partial charge is 0.139 e. The molecule has 3 heteroatoms. The first-order chi connectivity index (χ1) is 11.3. The fourth-order valence-corrected chi connectivity index (χ4v) is 7.04. The minimum absolute atomic E-state index is 0.0870. The molecule has 0 spiro atoms. The molecule has 0 aromatic carbocycles. The second-order valence-corrected chi connectivity index (χ2v) is 9.13. The van der Waals surface area contributed by atoms with E-state index >= 15 is 0 Å². The third-order valence-corrected chi connectivity index (χ3v) is 8.21. The van der Waals surface area contributed by atoms with E-state index in [4.69, 9.17) is 0 Å². The first-order valence-electron chi connectivity index (χ1n) is 9.57. The molecule has 0 heterocycles. The molecule has 0 bridgehead atoms. The van der Waals surface area contributed by atoms with Gasteiger partial charge in [0.15, 0.2) is 0 Å². The Kier molecular flexibility index (Phi) is 3.47. The van der Waals surface area contributed by atoms with Crippen molar-refractivity contribution in [2.45, 2.75) is 59.3 Å². The van der Waals surface area contributed by atoms with Crippen molar-refractivity contribution in [2.24, 2.45) is 40.4 Å². The Morgan fingerprint density at radius 2 is 1.92 bits per heavy atom. The van der Waals surface area contributed by atoms with E-state index in [0.717, 1.165) is 24.8 Å². The van der Waals surface area contributed by atoms with E-state index in [-0.39, 0.29) is 17.1 Å². The standard InChI is InChI=1S/C21H28O3/c1-12-8-14-10-15(23)9-13(2)21(14,11-22)17-6-7-20(3)16(19(12)17)4-5-18(20)24/h8,11-13,16-17,19H,4-7,9-10H2,1-3H3/t12-,13+,16+,17+,19+,20+,21+/m1/s1. The summed E-state index contributed by atoms with van der Waals surface area (Å²) in [5, 5.41) is 0. The van der Waals surface area contributed by atoms with Crippen molar-refractivity contribution in [2.75, 3.05) is 0 Å². The van der Waals surface area contributed by atoms with Gasteiger partial charge < -0.3 is 4.79 Å². The number of hydrogen-bond acceptors (Lipinski definition) is 3. The van der Waals surface area contributed by atoms with Crippen molar-refractivity contribution < 1.29 is 14.4 Å². The van der Waals surface area contributed by atoms with Crippen LogP contribution in [0.2, 0.25) is 0 Å². The van der Waals surface area contributed by atoms with Crippen LogP contribution in [0.3, 0.4) is 0 Å². The summed E-state index contributed by atoms with van der Waals surface area (Å²) >= 11 is 0. The highest BCUT2D eigenvalue weighted by Crippen LogP contribution is 2.65. The molecule has 0 radical (unpaired) electrons. The monoisotopic (exact) mass is 328 g/mol. The van der Waals surface area contributed by atoms with Crippen LogP contribution in [0.5, 0.6) is 0 Å². The van der Waals surface area contributed by atoms with Crippen molar-refractivity contribution in [1.29, 1.82) is 0 Å². The maximum atomic E-state index is 12.5. The minimum atomic E-state index is -0.460. The summed E-state index contributed by atoms with van der Waals surface area (Å²) in [7, 11) is 0. The maximum absolute atomic E-state index is 12.5. The average Bonchev–Trinajstić information content (AvgIpc) is 2.82. The highest BCUT2D eigenvalue weighted by molar-refractivity contribution is 5.88. The molecule has 3 fully saturated rings. The number of rotatable bonds is 1. The van der Waals surface area contributed by atoms with Crippen LogP contribution >= 0.6 is 0 Å². The molecule has 0 aromatic heterocycles. The van der Waals surface area contributed by atoms with E-state index in [1.165, 1.54) is 6.29 Å². The third kappa shape index (κ3) is 1.82. The van der Waals surface area contributed by atoms with Crippen LogP contribution in [0.15, 0.2) is 11.6 Å². The van der Waals surface area contributed by atoms with Crippen molar-refractivity contribution in [1.82, 2.24) is 0 Å². The van der Waals surface area contributed by atoms with Crippen molar-refractivity contribution in [3.63, 3.8) is 0 Å². The van der Waals surface area contributed by atoms with Gasteiger partial charge in [0.2, 0.25) is 0 Å². The molecule has 0 aromatic rings. The van der Waals surface area contributed by atoms with Crippen molar-refractivity contribution >= 4 is 17.9 Å². The van der Waals surface area contributed by atoms with Crippen LogP contribution in [0, 0.1) is 40.4 Å². The summed E-state index contributed by atoms with van der Waals surface area (Å²) in [6, 6.07) is 0. The van der Waals surface area contributed by atoms with Gasteiger partial charge in [-0.15, -0.1) is 0 Å². The SMILES string of the molecule is C[C@@H]1C=C2CC(=O)C[C@H](C)[C@]2(C=O)[C@H]2CC[C@]3(C)C(=O)CC[C@H]3[C@H]12. The van der Waals surface area contributed by atoms with Crippen LogP contribution in [0.4, 0.5) is 0 Å². The predicted molar refractivity (Wildman–Crippen MR) is 91.2 cm³/mol. The first-order valence-corrected chi connectivity index (χ1v) is 9.57. The maximum Gasteiger partial charge on any atom is 0.139 e. The molecule has 3 saturated carbocycles. The fourth-order valence-electron chi connectivity index (χ4n) is 7.04. The molecule has 4 aliphatic carbocycles. The molecule has 4 rings (SSSR count). The first kappa shape index (κ1) is 16.2. The van der Waals surface area contributed by atoms with Crippen LogP contribution in [0.25, 0.3) is 0 Å². The Labute approximate surface area is 144 Å². The van der Waals surface area contributed by atoms with Crippen LogP contribution in [-0.4, -0.2) is 17.9 Å². The largest absolute Gasteiger partial charge is 0.302 e. The lowest BCUT2D eigenvalue weighted by Gasteiger charge is -2.58. The van der Waals surface area contributed by atoms with Gasteiger partial charge in [-0.2, -0.15) is 0 Å². The van der Waals surface area contributed by atoms with Gasteiger partial charge >= 0.3 is 0 Å². The van der Waals surface area contributed by atoms with Gasteiger partial charge in [0.25, 0.3) is 0 Å². The summed E-state index contributed by atoms with van der Waals surface area (Å²) < 4.78 is 0. The molecule has 3 nitrogen and oxygen atoms in total. The van der Waals surface area contributed by atoms with Crippen LogP contribution in [0.1, 0.15) is 59.3 Å². The van der Waals surface area contributed by atoms with Gasteiger partial charge in [-0.05, 0) is 48.9 Å². The zero-order valence-corrected chi connectivity index (χ0v) is 15.0. The number of fused-ring (bicyclic) bond motifs is 5. The van der Waals surface area contributed by atoms with Gasteiger partial charge in [-0.1, -0.05) is 32.4 Å². The van der Waals surface area contributed by atoms with Gasteiger partial charge in [-0.3, -0.25) is 9.59 Å². The molecule has 0 unspecified atom stereocenters. The number of Topliss-reactive ketones (excluding diaryl/α,β-unsaturated/α-hetero) is 2. The van der Waals surface area contributed by atoms with Gasteiger partial charge in [0, 0.05) is 24.7 Å². The second-order valence-electron chi connectivity index (χ2n) is 9.13. The zero-order chi connectivity index (χ0) is 17.3. The number of carbonyl (C=O) groups excluding carboxylic acids is 3. The number of hydrogen-bond donors (Lipinski definition) is 0. The predicted octanol–water partition coefficient (Wildman–Crippen LogP) is 3.76. The highest BCUT2D eigenvalue weighted by Gasteiger charge is 2.62. The minimum Gasteiger partial charge on any atom is -0.302 e. The number of ketones is 2. The third-order valence-electron chi connectivity index (χ3n) is 8.21. The molecule has 0 amide bonds. The molecule has 24 heavy (non-hydrogen) atoms. The summed E-state index contributed by atoms with van der Waals surface area (Å²) in [4.78, 5) is 37.1. The Balaban J connectivity index is 1.83. The topological polar surface area (TPSA) is 51.2 Å². The van der Waals surface area contributed by atoms with Crippen molar-refractivity contribution in [3.8, 4) is 0 Å². The lowest BCUT2D eigenvalue weighted by Crippen LogP contribution is -2.56. The van der Waals surface area contributed by atoms with Crippen molar-refractivity contribution in [3.05, 3.63) is 11.6 Å². The molecular formula is C21H28O3. The van der Waals surface area contributed by atoms with Gasteiger partial charge in [-0.25, -0.2) is 0 Å². The normalized spacial score (nSPS) is 50.6. The van der Waals surface area contributed by atoms with E-state index in [0.29, 0.717) is 48.7 Å². The second kappa shape index (κ2) is 5.12. The van der Waals surface area contributed by atoms with E-state index in [9.17, 15) is 14.4 Å².